The van der Waals surface area contributed by atoms with Crippen LogP contribution in [0.2, 0.25) is 0 Å². The molecule has 0 heterocycles. The topological polar surface area (TPSA) is 17.1 Å². The smallest absolute Gasteiger partial charge is 0.142 e. The summed E-state index contributed by atoms with van der Waals surface area (Å²) in [5, 5.41) is 0. The van der Waals surface area contributed by atoms with Gasteiger partial charge in [0.2, 0.25) is 0 Å². The highest BCUT2D eigenvalue weighted by molar-refractivity contribution is 5.67. The molecular formula is C22H36O. The van der Waals surface area contributed by atoms with Gasteiger partial charge in [-0.05, 0) is 68.3 Å². The summed E-state index contributed by atoms with van der Waals surface area (Å²) < 4.78 is 0. The lowest BCUT2D eigenvalue weighted by atomic mass is 9.47. The van der Waals surface area contributed by atoms with Gasteiger partial charge in [0.15, 0.2) is 0 Å². The highest BCUT2D eigenvalue weighted by Crippen LogP contribution is 2.61. The van der Waals surface area contributed by atoms with Crippen LogP contribution in [0.4, 0.5) is 0 Å². The first-order valence-corrected chi connectivity index (χ1v) is 9.75. The van der Waals surface area contributed by atoms with E-state index in [1.165, 1.54) is 44.1 Å². The van der Waals surface area contributed by atoms with Crippen molar-refractivity contribution in [2.75, 3.05) is 0 Å². The molecule has 0 N–H and O–H groups in total. The van der Waals surface area contributed by atoms with Crippen molar-refractivity contribution in [3.05, 3.63) is 23.8 Å². The maximum absolute atomic E-state index is 11.1. The number of allylic oxidation sites excluding steroid dienone is 4. The average Bonchev–Trinajstić information content (AvgIpc) is 2.53. The van der Waals surface area contributed by atoms with Gasteiger partial charge >= 0.3 is 0 Å². The number of aldehydes is 1. The molecule has 2 fully saturated rings. The van der Waals surface area contributed by atoms with Crippen molar-refractivity contribution in [3.8, 4) is 0 Å². The number of carbonyl (C=O) groups is 1. The molecule has 130 valence electrons. The van der Waals surface area contributed by atoms with Gasteiger partial charge in [-0.15, -0.1) is 0 Å². The molecule has 0 aromatic rings. The first-order valence-electron chi connectivity index (χ1n) is 9.75. The van der Waals surface area contributed by atoms with E-state index in [0.717, 1.165) is 24.5 Å². The van der Waals surface area contributed by atoms with E-state index in [2.05, 4.69) is 46.8 Å². The standard InChI is InChI=1S/C22H36O/c1-6-9-19-18-11-10-17(13-16-23)22(5,14-7-2)20(18)12-15-21(19,4)8-3/h7,13-14,16,18-20H,6,8-12,15H2,1-5H3/b14-7-,17-13-. The summed E-state index contributed by atoms with van der Waals surface area (Å²) in [6.07, 6.45) is 16.4. The lowest BCUT2D eigenvalue weighted by molar-refractivity contribution is -0.104. The Labute approximate surface area is 143 Å². The largest absolute Gasteiger partial charge is 0.299 e. The monoisotopic (exact) mass is 316 g/mol. The average molecular weight is 317 g/mol. The van der Waals surface area contributed by atoms with Gasteiger partial charge in [0.1, 0.15) is 6.29 Å². The second kappa shape index (κ2) is 7.36. The molecule has 0 saturated heterocycles. The zero-order valence-corrected chi connectivity index (χ0v) is 15.9. The maximum Gasteiger partial charge on any atom is 0.142 e. The SMILES string of the molecule is C/C=C\C1(C)/C(=C\C=O)CCC2C(CCC)C(C)(CC)CCC21. The fraction of sp³-hybridized carbons (Fsp3) is 0.773. The highest BCUT2D eigenvalue weighted by atomic mass is 16.1. The molecule has 2 aliphatic carbocycles. The van der Waals surface area contributed by atoms with Crippen LogP contribution in [0.1, 0.15) is 79.6 Å². The molecule has 0 bridgehead atoms. The molecule has 1 nitrogen and oxygen atoms in total. The van der Waals surface area contributed by atoms with E-state index < -0.39 is 0 Å². The lowest BCUT2D eigenvalue weighted by Gasteiger charge is -2.57. The van der Waals surface area contributed by atoms with Gasteiger partial charge in [0.25, 0.3) is 0 Å². The second-order valence-electron chi connectivity index (χ2n) is 8.36. The summed E-state index contributed by atoms with van der Waals surface area (Å²) in [6, 6.07) is 0. The van der Waals surface area contributed by atoms with Gasteiger partial charge in [-0.2, -0.15) is 0 Å². The first kappa shape index (κ1) is 18.5. The molecule has 2 rings (SSSR count). The van der Waals surface area contributed by atoms with E-state index >= 15 is 0 Å². The van der Waals surface area contributed by atoms with Crippen LogP contribution in [0, 0.1) is 28.6 Å². The maximum atomic E-state index is 11.1. The summed E-state index contributed by atoms with van der Waals surface area (Å²) in [5.41, 5.74) is 1.96. The van der Waals surface area contributed by atoms with Crippen molar-refractivity contribution >= 4 is 6.29 Å². The van der Waals surface area contributed by atoms with Crippen LogP contribution < -0.4 is 0 Å². The Morgan fingerprint density at radius 1 is 1.22 bits per heavy atom. The van der Waals surface area contributed by atoms with Gasteiger partial charge in [-0.1, -0.05) is 58.3 Å². The van der Waals surface area contributed by atoms with Crippen molar-refractivity contribution in [1.82, 2.24) is 0 Å². The quantitative estimate of drug-likeness (QED) is 0.328. The van der Waals surface area contributed by atoms with Crippen LogP contribution in [0.15, 0.2) is 23.8 Å². The predicted molar refractivity (Wildman–Crippen MR) is 99.3 cm³/mol. The molecule has 2 aliphatic rings. The van der Waals surface area contributed by atoms with E-state index in [1.807, 2.05) is 6.08 Å². The van der Waals surface area contributed by atoms with Gasteiger partial charge in [-0.25, -0.2) is 0 Å². The van der Waals surface area contributed by atoms with Gasteiger partial charge in [0.05, 0.1) is 0 Å². The molecular weight excluding hydrogens is 280 g/mol. The minimum absolute atomic E-state index is 0.0830. The van der Waals surface area contributed by atoms with Crippen molar-refractivity contribution in [2.45, 2.75) is 79.6 Å². The Morgan fingerprint density at radius 3 is 2.52 bits per heavy atom. The lowest BCUT2D eigenvalue weighted by Crippen LogP contribution is -2.49. The Bertz CT molecular complexity index is 474. The molecule has 0 spiro atoms. The van der Waals surface area contributed by atoms with E-state index in [0.29, 0.717) is 11.3 Å². The number of fused-ring (bicyclic) bond motifs is 1. The van der Waals surface area contributed by atoms with Crippen molar-refractivity contribution in [2.24, 2.45) is 28.6 Å². The highest BCUT2D eigenvalue weighted by Gasteiger charge is 2.52. The van der Waals surface area contributed by atoms with Crippen LogP contribution in [0.3, 0.4) is 0 Å². The number of rotatable bonds is 5. The Morgan fingerprint density at radius 2 is 1.96 bits per heavy atom. The number of hydrogen-bond acceptors (Lipinski definition) is 1. The fourth-order valence-electron chi connectivity index (χ4n) is 5.89. The third-order valence-electron chi connectivity index (χ3n) is 7.35. The van der Waals surface area contributed by atoms with Gasteiger partial charge in [0, 0.05) is 5.41 Å². The third-order valence-corrected chi connectivity index (χ3v) is 7.35. The zero-order valence-electron chi connectivity index (χ0n) is 15.9. The minimum atomic E-state index is 0.0830. The van der Waals surface area contributed by atoms with Crippen LogP contribution in [0.5, 0.6) is 0 Å². The number of carbonyl (C=O) groups excluding carboxylic acids is 1. The third kappa shape index (κ3) is 3.21. The Kier molecular flexibility index (Phi) is 5.92. The summed E-state index contributed by atoms with van der Waals surface area (Å²) in [4.78, 5) is 11.1. The molecule has 0 aromatic heterocycles. The van der Waals surface area contributed by atoms with E-state index in [1.54, 1.807) is 0 Å². The summed E-state index contributed by atoms with van der Waals surface area (Å²) in [5.74, 6) is 2.37. The Hall–Kier alpha value is -0.850. The molecule has 5 unspecified atom stereocenters. The molecule has 5 atom stereocenters. The Balaban J connectivity index is 2.42. The van der Waals surface area contributed by atoms with E-state index in [4.69, 9.17) is 0 Å². The first-order chi connectivity index (χ1) is 11.0. The number of hydrogen-bond donors (Lipinski definition) is 0. The molecule has 23 heavy (non-hydrogen) atoms. The van der Waals surface area contributed by atoms with Crippen molar-refractivity contribution in [3.63, 3.8) is 0 Å². The zero-order chi connectivity index (χ0) is 17.1. The normalized spacial score (nSPS) is 42.8. The van der Waals surface area contributed by atoms with Crippen molar-refractivity contribution in [1.29, 1.82) is 0 Å². The molecule has 0 amide bonds. The summed E-state index contributed by atoms with van der Waals surface area (Å²) in [6.45, 7) is 11.8. The summed E-state index contributed by atoms with van der Waals surface area (Å²) >= 11 is 0. The predicted octanol–water partition coefficient (Wildman–Crippen LogP) is 6.35. The summed E-state index contributed by atoms with van der Waals surface area (Å²) in [7, 11) is 0. The molecule has 0 aliphatic heterocycles. The molecule has 2 saturated carbocycles. The van der Waals surface area contributed by atoms with Crippen LogP contribution in [-0.2, 0) is 4.79 Å². The van der Waals surface area contributed by atoms with Crippen molar-refractivity contribution < 1.29 is 4.79 Å². The van der Waals surface area contributed by atoms with Gasteiger partial charge < -0.3 is 0 Å². The molecule has 1 heteroatoms. The van der Waals surface area contributed by atoms with E-state index in [9.17, 15) is 4.79 Å². The van der Waals surface area contributed by atoms with Crippen LogP contribution in [0.25, 0.3) is 0 Å². The van der Waals surface area contributed by atoms with Gasteiger partial charge in [-0.3, -0.25) is 4.79 Å². The fourth-order valence-corrected chi connectivity index (χ4v) is 5.89. The second-order valence-corrected chi connectivity index (χ2v) is 8.36. The van der Waals surface area contributed by atoms with Crippen LogP contribution >= 0.6 is 0 Å². The molecule has 0 aromatic carbocycles. The molecule has 0 radical (unpaired) electrons. The van der Waals surface area contributed by atoms with E-state index in [-0.39, 0.29) is 5.41 Å². The van der Waals surface area contributed by atoms with Crippen LogP contribution in [-0.4, -0.2) is 6.29 Å². The minimum Gasteiger partial charge on any atom is -0.299 e.